The van der Waals surface area contributed by atoms with Crippen LogP contribution in [0.4, 0.5) is 0 Å². The second-order valence-electron chi connectivity index (χ2n) is 4.10. The van der Waals surface area contributed by atoms with Crippen molar-refractivity contribution in [1.82, 2.24) is 20.7 Å². The summed E-state index contributed by atoms with van der Waals surface area (Å²) in [5.74, 6) is -0.191. The Morgan fingerprint density at radius 2 is 2.31 bits per heavy atom. The van der Waals surface area contributed by atoms with Gasteiger partial charge in [-0.1, -0.05) is 26.0 Å². The van der Waals surface area contributed by atoms with E-state index in [9.17, 15) is 4.79 Å². The van der Waals surface area contributed by atoms with Crippen LogP contribution in [0.2, 0.25) is 0 Å². The summed E-state index contributed by atoms with van der Waals surface area (Å²) in [5, 5.41) is 12.3. The van der Waals surface area contributed by atoms with Crippen LogP contribution in [0.15, 0.2) is 6.20 Å². The number of carbonyl (C=O) groups excluding carboxylic acids is 1. The molecule has 1 amide bonds. The van der Waals surface area contributed by atoms with E-state index in [4.69, 9.17) is 0 Å². The number of hydrogen-bond acceptors (Lipinski definition) is 3. The van der Waals surface area contributed by atoms with Gasteiger partial charge in [0, 0.05) is 6.54 Å². The van der Waals surface area contributed by atoms with Gasteiger partial charge in [-0.15, -0.1) is 5.10 Å². The van der Waals surface area contributed by atoms with Gasteiger partial charge in [-0.2, -0.15) is 0 Å². The number of nitrogens with zero attached hydrogens (tertiary/aromatic N) is 2. The molecule has 0 unspecified atom stereocenters. The van der Waals surface area contributed by atoms with Gasteiger partial charge in [-0.25, -0.2) is 0 Å². The molecule has 0 aromatic carbocycles. The monoisotopic (exact) mass is 182 g/mol. The zero-order valence-corrected chi connectivity index (χ0v) is 8.09. The molecule has 13 heavy (non-hydrogen) atoms. The fourth-order valence-electron chi connectivity index (χ4n) is 0.749. The van der Waals surface area contributed by atoms with Gasteiger partial charge in [-0.3, -0.25) is 9.89 Å². The molecule has 1 rings (SSSR count). The summed E-state index contributed by atoms with van der Waals surface area (Å²) in [6.45, 7) is 6.78. The molecule has 0 saturated carbocycles. The van der Waals surface area contributed by atoms with Crippen molar-refractivity contribution >= 4 is 5.91 Å². The van der Waals surface area contributed by atoms with Crippen LogP contribution in [0, 0.1) is 5.41 Å². The van der Waals surface area contributed by atoms with E-state index in [1.807, 2.05) is 0 Å². The van der Waals surface area contributed by atoms with E-state index in [-0.39, 0.29) is 11.3 Å². The van der Waals surface area contributed by atoms with Crippen molar-refractivity contribution in [2.24, 2.45) is 5.41 Å². The van der Waals surface area contributed by atoms with Crippen molar-refractivity contribution in [1.29, 1.82) is 0 Å². The minimum Gasteiger partial charge on any atom is -0.350 e. The largest absolute Gasteiger partial charge is 0.350 e. The molecular weight excluding hydrogens is 168 g/mol. The number of H-pyrrole nitrogens is 1. The predicted octanol–water partition coefficient (Wildman–Crippen LogP) is 0.581. The maximum Gasteiger partial charge on any atom is 0.273 e. The van der Waals surface area contributed by atoms with Crippen molar-refractivity contribution in [3.63, 3.8) is 0 Å². The summed E-state index contributed by atoms with van der Waals surface area (Å²) in [5.41, 5.74) is 0.406. The fourth-order valence-corrected chi connectivity index (χ4v) is 0.749. The Morgan fingerprint density at radius 3 is 2.77 bits per heavy atom. The van der Waals surface area contributed by atoms with Crippen LogP contribution >= 0.6 is 0 Å². The molecular formula is C8H14N4O. The summed E-state index contributed by atoms with van der Waals surface area (Å²) < 4.78 is 0. The standard InChI is InChI=1S/C8H14N4O/c1-8(2,3)5-9-7(13)6-4-10-12-11-6/h4H,5H2,1-3H3,(H,9,13)(H,10,11,12). The molecule has 5 nitrogen and oxygen atoms in total. The van der Waals surface area contributed by atoms with Crippen LogP contribution in [0.1, 0.15) is 31.3 Å². The Balaban J connectivity index is 2.44. The van der Waals surface area contributed by atoms with Crippen LogP contribution < -0.4 is 5.32 Å². The summed E-state index contributed by atoms with van der Waals surface area (Å²) in [4.78, 5) is 11.3. The molecule has 0 radical (unpaired) electrons. The number of aromatic nitrogens is 3. The lowest BCUT2D eigenvalue weighted by atomic mass is 9.97. The number of hydrogen-bond donors (Lipinski definition) is 2. The molecule has 0 atom stereocenters. The highest BCUT2D eigenvalue weighted by atomic mass is 16.1. The average Bonchev–Trinajstić information content (AvgIpc) is 2.50. The van der Waals surface area contributed by atoms with E-state index >= 15 is 0 Å². The third kappa shape index (κ3) is 3.23. The molecule has 5 heteroatoms. The van der Waals surface area contributed by atoms with Crippen LogP contribution in [-0.4, -0.2) is 27.9 Å². The minimum absolute atomic E-state index is 0.0827. The SMILES string of the molecule is CC(C)(C)CNC(=O)c1c[nH]nn1. The third-order valence-corrected chi connectivity index (χ3v) is 1.43. The van der Waals surface area contributed by atoms with Crippen molar-refractivity contribution in [2.45, 2.75) is 20.8 Å². The maximum atomic E-state index is 11.3. The average molecular weight is 182 g/mol. The number of rotatable bonds is 2. The molecule has 0 spiro atoms. The van der Waals surface area contributed by atoms with E-state index < -0.39 is 0 Å². The van der Waals surface area contributed by atoms with E-state index in [2.05, 4.69) is 41.5 Å². The Morgan fingerprint density at radius 1 is 1.62 bits per heavy atom. The molecule has 0 saturated heterocycles. The van der Waals surface area contributed by atoms with Gasteiger partial charge in [0.2, 0.25) is 0 Å². The normalized spacial score (nSPS) is 11.3. The Kier molecular flexibility index (Phi) is 2.65. The molecule has 0 aliphatic carbocycles. The van der Waals surface area contributed by atoms with Crippen molar-refractivity contribution < 1.29 is 4.79 Å². The third-order valence-electron chi connectivity index (χ3n) is 1.43. The van der Waals surface area contributed by atoms with Gasteiger partial charge in [0.15, 0.2) is 5.69 Å². The number of amides is 1. The van der Waals surface area contributed by atoms with Crippen LogP contribution in [0.25, 0.3) is 0 Å². The summed E-state index contributed by atoms with van der Waals surface area (Å²) in [6.07, 6.45) is 1.47. The topological polar surface area (TPSA) is 70.7 Å². The van der Waals surface area contributed by atoms with E-state index in [0.29, 0.717) is 12.2 Å². The second kappa shape index (κ2) is 3.55. The summed E-state index contributed by atoms with van der Waals surface area (Å²) >= 11 is 0. The molecule has 0 bridgehead atoms. The van der Waals surface area contributed by atoms with Gasteiger partial charge in [0.1, 0.15) is 0 Å². The molecule has 0 aliphatic heterocycles. The Labute approximate surface area is 76.9 Å². The van der Waals surface area contributed by atoms with E-state index in [1.165, 1.54) is 6.20 Å². The second-order valence-corrected chi connectivity index (χ2v) is 4.10. The van der Waals surface area contributed by atoms with Crippen molar-refractivity contribution in [3.8, 4) is 0 Å². The zero-order valence-electron chi connectivity index (χ0n) is 8.09. The first-order chi connectivity index (χ1) is 5.99. The molecule has 72 valence electrons. The summed E-state index contributed by atoms with van der Waals surface area (Å²) in [6, 6.07) is 0. The van der Waals surface area contributed by atoms with Crippen LogP contribution in [0.5, 0.6) is 0 Å². The lowest BCUT2D eigenvalue weighted by molar-refractivity contribution is 0.0934. The van der Waals surface area contributed by atoms with Crippen molar-refractivity contribution in [3.05, 3.63) is 11.9 Å². The van der Waals surface area contributed by atoms with Crippen LogP contribution in [0.3, 0.4) is 0 Å². The molecule has 2 N–H and O–H groups in total. The number of aromatic amines is 1. The lowest BCUT2D eigenvalue weighted by Crippen LogP contribution is -2.32. The molecule has 1 heterocycles. The first-order valence-corrected chi connectivity index (χ1v) is 4.14. The van der Waals surface area contributed by atoms with Crippen LogP contribution in [-0.2, 0) is 0 Å². The van der Waals surface area contributed by atoms with Gasteiger partial charge in [-0.05, 0) is 5.41 Å². The molecule has 1 aromatic heterocycles. The molecule has 1 aromatic rings. The lowest BCUT2D eigenvalue weighted by Gasteiger charge is -2.17. The first kappa shape index (κ1) is 9.70. The van der Waals surface area contributed by atoms with Gasteiger partial charge in [0.25, 0.3) is 5.91 Å². The Bertz CT molecular complexity index is 273. The molecule has 0 aliphatic rings. The highest BCUT2D eigenvalue weighted by molar-refractivity contribution is 5.91. The minimum atomic E-state index is -0.191. The first-order valence-electron chi connectivity index (χ1n) is 4.14. The predicted molar refractivity (Wildman–Crippen MR) is 48.2 cm³/mol. The summed E-state index contributed by atoms with van der Waals surface area (Å²) in [7, 11) is 0. The van der Waals surface area contributed by atoms with Gasteiger partial charge in [0.05, 0.1) is 6.20 Å². The van der Waals surface area contributed by atoms with Gasteiger partial charge >= 0.3 is 0 Å². The van der Waals surface area contributed by atoms with E-state index in [1.54, 1.807) is 0 Å². The van der Waals surface area contributed by atoms with E-state index in [0.717, 1.165) is 0 Å². The Hall–Kier alpha value is -1.39. The number of carbonyl (C=O) groups is 1. The number of nitrogens with one attached hydrogen (secondary N) is 2. The smallest absolute Gasteiger partial charge is 0.273 e. The maximum absolute atomic E-state index is 11.3. The quantitative estimate of drug-likeness (QED) is 0.702. The highest BCUT2D eigenvalue weighted by Crippen LogP contribution is 2.10. The highest BCUT2D eigenvalue weighted by Gasteiger charge is 2.14. The van der Waals surface area contributed by atoms with Crippen molar-refractivity contribution in [2.75, 3.05) is 6.54 Å². The zero-order chi connectivity index (χ0) is 9.90. The fraction of sp³-hybridized carbons (Fsp3) is 0.625. The molecule has 0 fully saturated rings. The van der Waals surface area contributed by atoms with Gasteiger partial charge < -0.3 is 5.32 Å².